The Kier molecular flexibility index (Phi) is 6.10. The van der Waals surface area contributed by atoms with E-state index in [0.29, 0.717) is 29.2 Å². The molecule has 0 aliphatic heterocycles. The molecular formula is C21H26N2O3. The van der Waals surface area contributed by atoms with Crippen LogP contribution in [0.15, 0.2) is 48.7 Å². The molecule has 1 N–H and O–H groups in total. The zero-order chi connectivity index (χ0) is 18.4. The minimum atomic E-state index is -0.0650. The number of carbonyl (C=O) groups excluding carboxylic acids is 1. The second kappa shape index (κ2) is 8.70. The Morgan fingerprint density at radius 2 is 1.88 bits per heavy atom. The Balaban J connectivity index is 1.46. The van der Waals surface area contributed by atoms with E-state index < -0.39 is 0 Å². The fourth-order valence-electron chi connectivity index (χ4n) is 3.32. The van der Waals surface area contributed by atoms with Gasteiger partial charge in [-0.15, -0.1) is 0 Å². The lowest BCUT2D eigenvalue weighted by Crippen LogP contribution is -2.45. The Morgan fingerprint density at radius 3 is 2.62 bits per heavy atom. The number of nitrogens with zero attached hydrogens (tertiary/aromatic N) is 1. The van der Waals surface area contributed by atoms with Crippen LogP contribution in [0.5, 0.6) is 17.4 Å². The van der Waals surface area contributed by atoms with Gasteiger partial charge in [-0.2, -0.15) is 0 Å². The predicted octanol–water partition coefficient (Wildman–Crippen LogP) is 4.19. The fraction of sp³-hybridized carbons (Fsp3) is 0.429. The second-order valence-corrected chi connectivity index (χ2v) is 6.97. The van der Waals surface area contributed by atoms with Crippen molar-refractivity contribution in [2.24, 2.45) is 11.8 Å². The third-order valence-electron chi connectivity index (χ3n) is 5.11. The van der Waals surface area contributed by atoms with Crippen LogP contribution in [0.2, 0.25) is 0 Å². The number of hydrogen-bond acceptors (Lipinski definition) is 4. The van der Waals surface area contributed by atoms with E-state index in [1.807, 2.05) is 12.1 Å². The summed E-state index contributed by atoms with van der Waals surface area (Å²) in [6.45, 7) is 4.50. The van der Waals surface area contributed by atoms with Crippen LogP contribution in [-0.4, -0.2) is 23.5 Å². The van der Waals surface area contributed by atoms with Crippen LogP contribution in [0.3, 0.4) is 0 Å². The Morgan fingerprint density at radius 1 is 1.12 bits per heavy atom. The summed E-state index contributed by atoms with van der Waals surface area (Å²) in [5.74, 6) is 2.95. The van der Waals surface area contributed by atoms with Crippen molar-refractivity contribution in [3.05, 3.63) is 48.7 Å². The van der Waals surface area contributed by atoms with Gasteiger partial charge in [0.15, 0.2) is 6.61 Å². The number of carbonyl (C=O) groups is 1. The van der Waals surface area contributed by atoms with Gasteiger partial charge in [-0.25, -0.2) is 4.98 Å². The first-order chi connectivity index (χ1) is 12.6. The first-order valence-electron chi connectivity index (χ1n) is 9.23. The lowest BCUT2D eigenvalue weighted by Gasteiger charge is -2.34. The number of amides is 1. The predicted molar refractivity (Wildman–Crippen MR) is 100 cm³/mol. The molecule has 3 rings (SSSR count). The number of benzene rings is 1. The van der Waals surface area contributed by atoms with E-state index in [9.17, 15) is 4.79 Å². The quantitative estimate of drug-likeness (QED) is 0.845. The van der Waals surface area contributed by atoms with Crippen molar-refractivity contribution in [2.75, 3.05) is 6.61 Å². The molecule has 1 aliphatic carbocycles. The average Bonchev–Trinajstić information content (AvgIpc) is 2.66. The van der Waals surface area contributed by atoms with Crippen molar-refractivity contribution >= 4 is 5.91 Å². The third kappa shape index (κ3) is 4.97. The van der Waals surface area contributed by atoms with Crippen LogP contribution >= 0.6 is 0 Å². The second-order valence-electron chi connectivity index (χ2n) is 6.97. The lowest BCUT2D eigenvalue weighted by atomic mass is 9.78. The van der Waals surface area contributed by atoms with Crippen molar-refractivity contribution in [3.8, 4) is 17.4 Å². The highest BCUT2D eigenvalue weighted by Gasteiger charge is 2.28. The first kappa shape index (κ1) is 18.2. The SMILES string of the molecule is CC1CCCC(NC(=O)COc2ccc(Oc3ccccn3)cc2)C1C. The van der Waals surface area contributed by atoms with Crippen molar-refractivity contribution in [1.82, 2.24) is 10.3 Å². The summed E-state index contributed by atoms with van der Waals surface area (Å²) in [6, 6.07) is 12.9. The van der Waals surface area contributed by atoms with Gasteiger partial charge in [-0.05, 0) is 48.6 Å². The van der Waals surface area contributed by atoms with E-state index in [2.05, 4.69) is 24.1 Å². The summed E-state index contributed by atoms with van der Waals surface area (Å²) >= 11 is 0. The molecule has 1 aromatic carbocycles. The summed E-state index contributed by atoms with van der Waals surface area (Å²) in [6.07, 6.45) is 5.15. The molecule has 0 bridgehead atoms. The Bertz CT molecular complexity index is 703. The van der Waals surface area contributed by atoms with Crippen molar-refractivity contribution in [3.63, 3.8) is 0 Å². The van der Waals surface area contributed by atoms with Gasteiger partial charge in [0, 0.05) is 18.3 Å². The van der Waals surface area contributed by atoms with Crippen molar-refractivity contribution < 1.29 is 14.3 Å². The summed E-state index contributed by atoms with van der Waals surface area (Å²) < 4.78 is 11.2. The van der Waals surface area contributed by atoms with Crippen molar-refractivity contribution in [2.45, 2.75) is 39.2 Å². The molecule has 0 saturated heterocycles. The van der Waals surface area contributed by atoms with Crippen LogP contribution in [0.25, 0.3) is 0 Å². The molecule has 1 fully saturated rings. The molecule has 138 valence electrons. The highest BCUT2D eigenvalue weighted by molar-refractivity contribution is 5.77. The maximum Gasteiger partial charge on any atom is 0.258 e. The smallest absolute Gasteiger partial charge is 0.258 e. The number of hydrogen-bond donors (Lipinski definition) is 1. The molecule has 1 saturated carbocycles. The number of rotatable bonds is 6. The fourth-order valence-corrected chi connectivity index (χ4v) is 3.32. The maximum absolute atomic E-state index is 12.2. The van der Waals surface area contributed by atoms with E-state index in [0.717, 1.165) is 6.42 Å². The minimum Gasteiger partial charge on any atom is -0.484 e. The molecule has 1 heterocycles. The van der Waals surface area contributed by atoms with Gasteiger partial charge in [-0.1, -0.05) is 32.8 Å². The van der Waals surface area contributed by atoms with Crippen molar-refractivity contribution in [1.29, 1.82) is 0 Å². The minimum absolute atomic E-state index is 0.0258. The van der Waals surface area contributed by atoms with Crippen LogP contribution < -0.4 is 14.8 Å². The first-order valence-corrected chi connectivity index (χ1v) is 9.23. The molecule has 0 radical (unpaired) electrons. The van der Waals surface area contributed by atoms with Gasteiger partial charge in [0.05, 0.1) is 0 Å². The van der Waals surface area contributed by atoms with Gasteiger partial charge in [0.25, 0.3) is 5.91 Å². The number of pyridine rings is 1. The normalized spacial score (nSPS) is 22.5. The summed E-state index contributed by atoms with van der Waals surface area (Å²) in [5, 5.41) is 3.12. The topological polar surface area (TPSA) is 60.5 Å². The molecule has 3 atom stereocenters. The number of aromatic nitrogens is 1. The van der Waals surface area contributed by atoms with Crippen LogP contribution in [0, 0.1) is 11.8 Å². The van der Waals surface area contributed by atoms with E-state index in [-0.39, 0.29) is 18.6 Å². The van der Waals surface area contributed by atoms with Gasteiger partial charge in [-0.3, -0.25) is 4.79 Å². The highest BCUT2D eigenvalue weighted by Crippen LogP contribution is 2.29. The standard InChI is InChI=1S/C21H26N2O3/c1-15-6-5-7-19(16(15)2)23-20(24)14-25-17-9-11-18(12-10-17)26-21-8-3-4-13-22-21/h3-4,8-13,15-16,19H,5-7,14H2,1-2H3,(H,23,24). The zero-order valence-electron chi connectivity index (χ0n) is 15.4. The summed E-state index contributed by atoms with van der Waals surface area (Å²) in [7, 11) is 0. The van der Waals surface area contributed by atoms with Crippen LogP contribution in [0.1, 0.15) is 33.1 Å². The molecular weight excluding hydrogens is 328 g/mol. The summed E-state index contributed by atoms with van der Waals surface area (Å²) in [4.78, 5) is 16.3. The lowest BCUT2D eigenvalue weighted by molar-refractivity contribution is -0.124. The van der Waals surface area contributed by atoms with Gasteiger partial charge >= 0.3 is 0 Å². The highest BCUT2D eigenvalue weighted by atomic mass is 16.5. The molecule has 26 heavy (non-hydrogen) atoms. The largest absolute Gasteiger partial charge is 0.484 e. The average molecular weight is 354 g/mol. The molecule has 2 aromatic rings. The Labute approximate surface area is 154 Å². The zero-order valence-corrected chi connectivity index (χ0v) is 15.4. The number of nitrogens with one attached hydrogen (secondary N) is 1. The van der Waals surface area contributed by atoms with Gasteiger partial charge in [0.2, 0.25) is 5.88 Å². The van der Waals surface area contributed by atoms with E-state index >= 15 is 0 Å². The van der Waals surface area contributed by atoms with Crippen LogP contribution in [0.4, 0.5) is 0 Å². The van der Waals surface area contributed by atoms with Gasteiger partial charge in [0.1, 0.15) is 11.5 Å². The number of ether oxygens (including phenoxy) is 2. The molecule has 0 spiro atoms. The van der Waals surface area contributed by atoms with Crippen LogP contribution in [-0.2, 0) is 4.79 Å². The molecule has 3 unspecified atom stereocenters. The molecule has 5 heteroatoms. The van der Waals surface area contributed by atoms with Gasteiger partial charge < -0.3 is 14.8 Å². The van der Waals surface area contributed by atoms with E-state index in [1.54, 1.807) is 36.5 Å². The van der Waals surface area contributed by atoms with E-state index in [4.69, 9.17) is 9.47 Å². The molecule has 1 aliphatic rings. The molecule has 1 amide bonds. The molecule has 5 nitrogen and oxygen atoms in total. The third-order valence-corrected chi connectivity index (χ3v) is 5.11. The molecule has 1 aromatic heterocycles. The monoisotopic (exact) mass is 354 g/mol. The Hall–Kier alpha value is -2.56. The van der Waals surface area contributed by atoms with E-state index in [1.165, 1.54) is 12.8 Å². The summed E-state index contributed by atoms with van der Waals surface area (Å²) in [5.41, 5.74) is 0. The maximum atomic E-state index is 12.2.